The summed E-state index contributed by atoms with van der Waals surface area (Å²) in [6.07, 6.45) is 0. The molecule has 3 heterocycles. The highest BCUT2D eigenvalue weighted by atomic mass is 32.1. The van der Waals surface area contributed by atoms with E-state index in [4.69, 9.17) is 14.0 Å². The first kappa shape index (κ1) is 21.2. The third-order valence-corrected chi connectivity index (χ3v) is 5.42. The monoisotopic (exact) mass is 454 g/mol. The minimum absolute atomic E-state index is 0.0358. The normalized spacial score (nSPS) is 10.8. The lowest BCUT2D eigenvalue weighted by atomic mass is 10.2. The number of nitrogens with zero attached hydrogens (tertiary/aromatic N) is 3. The molecule has 0 spiro atoms. The van der Waals surface area contributed by atoms with E-state index in [0.29, 0.717) is 17.2 Å². The van der Waals surface area contributed by atoms with E-state index in [1.54, 1.807) is 43.5 Å². The Hall–Kier alpha value is -3.99. The molecule has 11 heteroatoms. The van der Waals surface area contributed by atoms with Crippen molar-refractivity contribution < 1.29 is 23.6 Å². The van der Waals surface area contributed by atoms with Crippen molar-refractivity contribution in [1.29, 1.82) is 0 Å². The van der Waals surface area contributed by atoms with E-state index in [2.05, 4.69) is 15.6 Å². The Kier molecular flexibility index (Phi) is 5.73. The lowest BCUT2D eigenvalue weighted by Crippen LogP contribution is -2.25. The van der Waals surface area contributed by atoms with Crippen LogP contribution in [0.2, 0.25) is 0 Å². The van der Waals surface area contributed by atoms with Gasteiger partial charge in [0.05, 0.1) is 24.8 Å². The molecule has 0 fully saturated rings. The summed E-state index contributed by atoms with van der Waals surface area (Å²) in [7, 11) is 1.53. The molecule has 0 saturated carbocycles. The Morgan fingerprint density at radius 1 is 1.25 bits per heavy atom. The number of fused-ring (bicyclic) bond motifs is 1. The first-order chi connectivity index (χ1) is 15.4. The molecule has 1 aromatic carbocycles. The van der Waals surface area contributed by atoms with Crippen molar-refractivity contribution >= 4 is 39.0 Å². The average molecular weight is 454 g/mol. The van der Waals surface area contributed by atoms with Crippen LogP contribution in [0.3, 0.4) is 0 Å². The van der Waals surface area contributed by atoms with Crippen LogP contribution in [-0.4, -0.2) is 40.5 Å². The molecule has 0 atom stereocenters. The van der Waals surface area contributed by atoms with E-state index < -0.39 is 17.4 Å². The van der Waals surface area contributed by atoms with Crippen molar-refractivity contribution in [2.24, 2.45) is 0 Å². The summed E-state index contributed by atoms with van der Waals surface area (Å²) in [5, 5.41) is 12.9. The summed E-state index contributed by atoms with van der Waals surface area (Å²) in [6.45, 7) is 3.48. The fraction of sp³-hybridized carbons (Fsp3) is 0.190. The van der Waals surface area contributed by atoms with Crippen LogP contribution in [0.5, 0.6) is 5.75 Å². The van der Waals surface area contributed by atoms with Gasteiger partial charge in [-0.05, 0) is 38.1 Å². The number of ether oxygens (including phenoxy) is 2. The second-order valence-electron chi connectivity index (χ2n) is 6.61. The predicted octanol–water partition coefficient (Wildman–Crippen LogP) is 3.18. The highest BCUT2D eigenvalue weighted by molar-refractivity contribution is 7.16. The molecule has 0 bridgehead atoms. The number of esters is 1. The molecule has 0 radical (unpaired) electrons. The van der Waals surface area contributed by atoms with Crippen molar-refractivity contribution in [3.05, 3.63) is 63.2 Å². The highest BCUT2D eigenvalue weighted by Gasteiger charge is 2.24. The number of carbonyl (C=O) groups excluding carboxylic acids is 2. The molecule has 0 aliphatic rings. The minimum Gasteiger partial charge on any atom is -0.497 e. The van der Waals surface area contributed by atoms with E-state index in [9.17, 15) is 14.4 Å². The number of aromatic nitrogens is 3. The van der Waals surface area contributed by atoms with Gasteiger partial charge in [-0.1, -0.05) is 5.16 Å². The summed E-state index contributed by atoms with van der Waals surface area (Å²) < 4.78 is 16.3. The molecule has 4 rings (SSSR count). The maximum atomic E-state index is 13.4. The molecule has 0 unspecified atom stereocenters. The van der Waals surface area contributed by atoms with Crippen LogP contribution in [0, 0.1) is 6.92 Å². The molecule has 0 aliphatic heterocycles. The molecule has 32 heavy (non-hydrogen) atoms. The van der Waals surface area contributed by atoms with E-state index in [1.165, 1.54) is 13.2 Å². The summed E-state index contributed by atoms with van der Waals surface area (Å²) in [6, 6.07) is 8.09. The molecule has 164 valence electrons. The van der Waals surface area contributed by atoms with Crippen LogP contribution < -0.4 is 15.6 Å². The van der Waals surface area contributed by atoms with Gasteiger partial charge in [-0.15, -0.1) is 11.3 Å². The molecule has 1 N–H and O–H groups in total. The van der Waals surface area contributed by atoms with Crippen molar-refractivity contribution in [2.75, 3.05) is 19.0 Å². The Bertz CT molecular complexity index is 1370. The van der Waals surface area contributed by atoms with E-state index >= 15 is 0 Å². The van der Waals surface area contributed by atoms with Crippen LogP contribution >= 0.6 is 11.3 Å². The standard InChI is InChI=1S/C21H18N4O6S/c1-4-30-21(28)17-14-10-32-19(22-18(26)15-9-11(2)31-24-15)16(14)20(27)25(23-17)12-5-7-13(29-3)8-6-12/h5-10H,4H2,1-3H3,(H,22,26). The molecular weight excluding hydrogens is 436 g/mol. The van der Waals surface area contributed by atoms with Gasteiger partial charge < -0.3 is 19.3 Å². The fourth-order valence-corrected chi connectivity index (χ4v) is 3.96. The number of aryl methyl sites for hydroxylation is 1. The quantitative estimate of drug-likeness (QED) is 0.440. The highest BCUT2D eigenvalue weighted by Crippen LogP contribution is 2.31. The number of anilines is 1. The Labute approximate surface area is 185 Å². The summed E-state index contributed by atoms with van der Waals surface area (Å²) in [4.78, 5) is 38.5. The van der Waals surface area contributed by atoms with Gasteiger partial charge in [0.1, 0.15) is 16.5 Å². The fourth-order valence-electron chi connectivity index (χ4n) is 3.03. The Morgan fingerprint density at radius 3 is 2.62 bits per heavy atom. The topological polar surface area (TPSA) is 126 Å². The molecule has 3 aromatic heterocycles. The maximum absolute atomic E-state index is 13.4. The molecule has 0 saturated heterocycles. The molecule has 4 aromatic rings. The van der Waals surface area contributed by atoms with Crippen molar-refractivity contribution in [2.45, 2.75) is 13.8 Å². The summed E-state index contributed by atoms with van der Waals surface area (Å²) in [5.74, 6) is -0.153. The average Bonchev–Trinajstić information content (AvgIpc) is 3.41. The van der Waals surface area contributed by atoms with Gasteiger partial charge >= 0.3 is 5.97 Å². The first-order valence-corrected chi connectivity index (χ1v) is 10.4. The molecule has 0 aliphatic carbocycles. The van der Waals surface area contributed by atoms with Crippen LogP contribution in [-0.2, 0) is 4.74 Å². The van der Waals surface area contributed by atoms with Gasteiger partial charge in [0, 0.05) is 16.8 Å². The van der Waals surface area contributed by atoms with Gasteiger partial charge in [0.25, 0.3) is 11.5 Å². The first-order valence-electron chi connectivity index (χ1n) is 9.53. The van der Waals surface area contributed by atoms with Crippen LogP contribution in [0.25, 0.3) is 16.5 Å². The zero-order chi connectivity index (χ0) is 22.8. The van der Waals surface area contributed by atoms with Crippen molar-refractivity contribution in [1.82, 2.24) is 14.9 Å². The SMILES string of the molecule is CCOC(=O)c1nn(-c2ccc(OC)cc2)c(=O)c2c(NC(=O)c3cc(C)on3)scc12. The second kappa shape index (κ2) is 8.63. The summed E-state index contributed by atoms with van der Waals surface area (Å²) in [5.41, 5.74) is -0.0598. The lowest BCUT2D eigenvalue weighted by Gasteiger charge is -2.10. The van der Waals surface area contributed by atoms with Crippen molar-refractivity contribution in [3.63, 3.8) is 0 Å². The van der Waals surface area contributed by atoms with Gasteiger partial charge in [-0.3, -0.25) is 9.59 Å². The summed E-state index contributed by atoms with van der Waals surface area (Å²) >= 11 is 1.09. The Morgan fingerprint density at radius 2 is 2.00 bits per heavy atom. The van der Waals surface area contributed by atoms with E-state index in [1.807, 2.05) is 0 Å². The van der Waals surface area contributed by atoms with Crippen LogP contribution in [0.4, 0.5) is 5.00 Å². The third-order valence-electron chi connectivity index (χ3n) is 4.53. The zero-order valence-corrected chi connectivity index (χ0v) is 18.2. The van der Waals surface area contributed by atoms with Gasteiger partial charge in [-0.2, -0.15) is 9.78 Å². The number of hydrogen-bond acceptors (Lipinski definition) is 9. The number of hydrogen-bond donors (Lipinski definition) is 1. The van der Waals surface area contributed by atoms with Crippen LogP contribution in [0.1, 0.15) is 33.7 Å². The smallest absolute Gasteiger partial charge is 0.359 e. The lowest BCUT2D eigenvalue weighted by molar-refractivity contribution is 0.0520. The number of rotatable bonds is 6. The van der Waals surface area contributed by atoms with Gasteiger partial charge in [0.15, 0.2) is 11.4 Å². The largest absolute Gasteiger partial charge is 0.497 e. The number of amides is 1. The van der Waals surface area contributed by atoms with Gasteiger partial charge in [0.2, 0.25) is 0 Å². The minimum atomic E-state index is -0.678. The predicted molar refractivity (Wildman–Crippen MR) is 117 cm³/mol. The molecular formula is C21H18N4O6S. The second-order valence-corrected chi connectivity index (χ2v) is 7.49. The van der Waals surface area contributed by atoms with E-state index in [0.717, 1.165) is 16.0 Å². The maximum Gasteiger partial charge on any atom is 0.359 e. The van der Waals surface area contributed by atoms with E-state index in [-0.39, 0.29) is 33.8 Å². The third kappa shape index (κ3) is 3.85. The number of nitrogens with one attached hydrogen (secondary N) is 1. The Balaban J connectivity index is 1.87. The molecule has 10 nitrogen and oxygen atoms in total. The van der Waals surface area contributed by atoms with Gasteiger partial charge in [-0.25, -0.2) is 4.79 Å². The molecule has 1 amide bonds. The number of carbonyl (C=O) groups is 2. The van der Waals surface area contributed by atoms with Crippen LogP contribution in [0.15, 0.2) is 45.0 Å². The van der Waals surface area contributed by atoms with Crippen molar-refractivity contribution in [3.8, 4) is 11.4 Å². The number of methoxy groups -OCH3 is 1. The number of thiophene rings is 1. The number of benzene rings is 1. The zero-order valence-electron chi connectivity index (χ0n) is 17.4.